The number of aromatic nitrogens is 1. The van der Waals surface area contributed by atoms with E-state index in [1.807, 2.05) is 12.1 Å². The SMILES string of the molecule is COc1cc2c(cc1Br)Cc1c([nH]c3cc(C#N)ccc13)C21CCOCC1. The monoisotopic (exact) mass is 422 g/mol. The first-order valence-electron chi connectivity index (χ1n) is 9.16. The molecule has 5 rings (SSSR count). The van der Waals surface area contributed by atoms with Gasteiger partial charge in [-0.15, -0.1) is 0 Å². The van der Waals surface area contributed by atoms with E-state index in [0.717, 1.165) is 48.2 Å². The third-order valence-corrected chi connectivity index (χ3v) is 6.74. The Morgan fingerprint density at radius 3 is 2.78 bits per heavy atom. The van der Waals surface area contributed by atoms with Gasteiger partial charge >= 0.3 is 0 Å². The van der Waals surface area contributed by atoms with Gasteiger partial charge in [0.2, 0.25) is 0 Å². The van der Waals surface area contributed by atoms with E-state index in [0.29, 0.717) is 5.56 Å². The van der Waals surface area contributed by atoms with Crippen LogP contribution in [0.15, 0.2) is 34.8 Å². The normalized spacial score (nSPS) is 17.4. The number of nitrogens with one attached hydrogen (secondary N) is 1. The molecule has 2 aromatic carbocycles. The number of aromatic amines is 1. The average Bonchev–Trinajstić information content (AvgIpc) is 3.07. The van der Waals surface area contributed by atoms with Crippen molar-refractivity contribution in [3.8, 4) is 11.8 Å². The Labute approximate surface area is 166 Å². The zero-order valence-electron chi connectivity index (χ0n) is 15.1. The number of hydrogen-bond donors (Lipinski definition) is 1. The molecule has 3 aromatic rings. The number of nitrogens with zero attached hydrogens (tertiary/aromatic N) is 1. The number of nitriles is 1. The molecule has 1 fully saturated rings. The molecule has 0 radical (unpaired) electrons. The predicted octanol–water partition coefficient (Wildman–Crippen LogP) is 4.81. The smallest absolute Gasteiger partial charge is 0.133 e. The molecule has 0 bridgehead atoms. The number of benzene rings is 2. The Morgan fingerprint density at radius 1 is 1.22 bits per heavy atom. The molecule has 0 atom stereocenters. The van der Waals surface area contributed by atoms with Crippen molar-refractivity contribution >= 4 is 26.8 Å². The van der Waals surface area contributed by atoms with Crippen LogP contribution >= 0.6 is 15.9 Å². The second-order valence-electron chi connectivity index (χ2n) is 7.37. The molecule has 2 heterocycles. The summed E-state index contributed by atoms with van der Waals surface area (Å²) >= 11 is 3.65. The fourth-order valence-electron chi connectivity index (χ4n) is 4.82. The van der Waals surface area contributed by atoms with E-state index in [4.69, 9.17) is 9.47 Å². The van der Waals surface area contributed by atoms with E-state index in [2.05, 4.69) is 45.2 Å². The first-order chi connectivity index (χ1) is 13.2. The van der Waals surface area contributed by atoms with Crippen molar-refractivity contribution in [2.75, 3.05) is 20.3 Å². The van der Waals surface area contributed by atoms with E-state index >= 15 is 0 Å². The molecule has 4 nitrogen and oxygen atoms in total. The lowest BCUT2D eigenvalue weighted by molar-refractivity contribution is 0.0608. The van der Waals surface area contributed by atoms with Gasteiger partial charge in [-0.1, -0.05) is 6.07 Å². The summed E-state index contributed by atoms with van der Waals surface area (Å²) in [5.41, 5.74) is 6.94. The van der Waals surface area contributed by atoms with Crippen LogP contribution in [0.25, 0.3) is 10.9 Å². The Morgan fingerprint density at radius 2 is 2.04 bits per heavy atom. The van der Waals surface area contributed by atoms with Gasteiger partial charge in [0.25, 0.3) is 0 Å². The van der Waals surface area contributed by atoms with E-state index < -0.39 is 0 Å². The topological polar surface area (TPSA) is 58.0 Å². The molecule has 1 aliphatic carbocycles. The lowest BCUT2D eigenvalue weighted by atomic mass is 9.65. The minimum atomic E-state index is -0.0963. The first-order valence-corrected chi connectivity index (χ1v) is 9.95. The van der Waals surface area contributed by atoms with Gasteiger partial charge in [-0.05, 0) is 69.7 Å². The van der Waals surface area contributed by atoms with Crippen molar-refractivity contribution in [1.82, 2.24) is 4.98 Å². The summed E-state index contributed by atoms with van der Waals surface area (Å²) in [6, 6.07) is 12.6. The van der Waals surface area contributed by atoms with Crippen LogP contribution in [0.2, 0.25) is 0 Å². The highest BCUT2D eigenvalue weighted by molar-refractivity contribution is 9.10. The zero-order valence-corrected chi connectivity index (χ0v) is 16.6. The Bertz CT molecular complexity index is 1100. The molecular formula is C22H19BrN2O2. The maximum Gasteiger partial charge on any atom is 0.133 e. The summed E-state index contributed by atoms with van der Waals surface area (Å²) in [5.74, 6) is 0.867. The highest BCUT2D eigenvalue weighted by Crippen LogP contribution is 2.51. The first kappa shape index (κ1) is 16.9. The number of hydrogen-bond acceptors (Lipinski definition) is 3. The molecule has 5 heteroatoms. The van der Waals surface area contributed by atoms with Gasteiger partial charge in [0, 0.05) is 41.6 Å². The Hall–Kier alpha value is -2.29. The van der Waals surface area contributed by atoms with Gasteiger partial charge in [0.1, 0.15) is 5.75 Å². The molecule has 136 valence electrons. The zero-order chi connectivity index (χ0) is 18.6. The second kappa shape index (κ2) is 6.12. The summed E-state index contributed by atoms with van der Waals surface area (Å²) < 4.78 is 12.3. The second-order valence-corrected chi connectivity index (χ2v) is 8.22. The van der Waals surface area contributed by atoms with E-state index in [1.54, 1.807) is 7.11 Å². The lowest BCUT2D eigenvalue weighted by Gasteiger charge is -2.42. The molecular weight excluding hydrogens is 404 g/mol. The van der Waals surface area contributed by atoms with Crippen LogP contribution in [0, 0.1) is 11.3 Å². The van der Waals surface area contributed by atoms with E-state index in [-0.39, 0.29) is 5.41 Å². The van der Waals surface area contributed by atoms with Crippen molar-refractivity contribution in [2.45, 2.75) is 24.7 Å². The number of H-pyrrole nitrogens is 1. The highest BCUT2D eigenvalue weighted by atomic mass is 79.9. The molecule has 1 saturated heterocycles. The standard InChI is InChI=1S/C22H19BrN2O2/c1-26-20-11-17-14(10-18(20)23)9-16-15-3-2-13(12-24)8-19(15)25-21(16)22(17)4-6-27-7-5-22/h2-3,8,10-11,25H,4-7,9H2,1H3. The van der Waals surface area contributed by atoms with Crippen molar-refractivity contribution in [3.63, 3.8) is 0 Å². The van der Waals surface area contributed by atoms with Crippen LogP contribution in [0.4, 0.5) is 0 Å². The van der Waals surface area contributed by atoms with Crippen LogP contribution in [0.5, 0.6) is 5.75 Å². The maximum atomic E-state index is 9.27. The summed E-state index contributed by atoms with van der Waals surface area (Å²) in [5, 5.41) is 10.5. The molecule has 1 spiro atoms. The summed E-state index contributed by atoms with van der Waals surface area (Å²) in [7, 11) is 1.71. The Kier molecular flexibility index (Phi) is 3.82. The third-order valence-electron chi connectivity index (χ3n) is 6.12. The van der Waals surface area contributed by atoms with E-state index in [9.17, 15) is 5.26 Å². The van der Waals surface area contributed by atoms with Crippen LogP contribution < -0.4 is 4.74 Å². The van der Waals surface area contributed by atoms with Gasteiger partial charge < -0.3 is 14.5 Å². The minimum absolute atomic E-state index is 0.0963. The number of rotatable bonds is 1. The number of ether oxygens (including phenoxy) is 2. The summed E-state index contributed by atoms with van der Waals surface area (Å²) in [6.45, 7) is 1.49. The molecule has 27 heavy (non-hydrogen) atoms. The number of methoxy groups -OCH3 is 1. The lowest BCUT2D eigenvalue weighted by Crippen LogP contribution is -2.39. The van der Waals surface area contributed by atoms with Crippen LogP contribution in [0.3, 0.4) is 0 Å². The number of halogens is 1. The molecule has 1 aromatic heterocycles. The summed E-state index contributed by atoms with van der Waals surface area (Å²) in [6.07, 6.45) is 2.76. The minimum Gasteiger partial charge on any atom is -0.496 e. The van der Waals surface area contributed by atoms with Crippen molar-refractivity contribution in [1.29, 1.82) is 5.26 Å². The summed E-state index contributed by atoms with van der Waals surface area (Å²) in [4.78, 5) is 3.69. The molecule has 0 amide bonds. The van der Waals surface area contributed by atoms with Gasteiger partial charge in [0.05, 0.1) is 23.2 Å². The van der Waals surface area contributed by atoms with Gasteiger partial charge in [-0.2, -0.15) is 5.26 Å². The van der Waals surface area contributed by atoms with Crippen molar-refractivity contribution < 1.29 is 9.47 Å². The van der Waals surface area contributed by atoms with Gasteiger partial charge in [0.15, 0.2) is 0 Å². The van der Waals surface area contributed by atoms with Crippen LogP contribution in [-0.2, 0) is 16.6 Å². The fourth-order valence-corrected chi connectivity index (χ4v) is 5.38. The highest BCUT2D eigenvalue weighted by Gasteiger charge is 2.44. The fraction of sp³-hybridized carbons (Fsp3) is 0.318. The van der Waals surface area contributed by atoms with Crippen molar-refractivity contribution in [2.24, 2.45) is 0 Å². The average molecular weight is 423 g/mol. The maximum absolute atomic E-state index is 9.27. The van der Waals surface area contributed by atoms with Gasteiger partial charge in [-0.3, -0.25) is 0 Å². The van der Waals surface area contributed by atoms with Crippen molar-refractivity contribution in [3.05, 3.63) is 62.8 Å². The molecule has 2 aliphatic rings. The number of fused-ring (bicyclic) bond motifs is 6. The molecule has 1 N–H and O–H groups in total. The molecule has 0 saturated carbocycles. The largest absolute Gasteiger partial charge is 0.496 e. The molecule has 0 unspecified atom stereocenters. The van der Waals surface area contributed by atoms with Crippen LogP contribution in [0.1, 0.15) is 40.8 Å². The van der Waals surface area contributed by atoms with Crippen LogP contribution in [-0.4, -0.2) is 25.3 Å². The third kappa shape index (κ3) is 2.37. The molecule has 1 aliphatic heterocycles. The van der Waals surface area contributed by atoms with Gasteiger partial charge in [-0.25, -0.2) is 0 Å². The Balaban J connectivity index is 1.81. The van der Waals surface area contributed by atoms with E-state index in [1.165, 1.54) is 27.8 Å². The predicted molar refractivity (Wildman–Crippen MR) is 107 cm³/mol. The quantitative estimate of drug-likeness (QED) is 0.611.